The Balaban J connectivity index is 1.45. The Morgan fingerprint density at radius 1 is 1.00 bits per heavy atom. The molecule has 0 aromatic heterocycles. The molecule has 2 N–H and O–H groups in total. The van der Waals surface area contributed by atoms with Crippen molar-refractivity contribution in [3.8, 4) is 5.75 Å². The van der Waals surface area contributed by atoms with Crippen molar-refractivity contribution >= 4 is 34.4 Å². The molecule has 2 amide bonds. The number of anilines is 1. The Hall–Kier alpha value is -4.30. The molecule has 0 aliphatic carbocycles. The van der Waals surface area contributed by atoms with Crippen LogP contribution in [-0.4, -0.2) is 29.0 Å². The van der Waals surface area contributed by atoms with E-state index in [1.54, 1.807) is 7.11 Å². The van der Waals surface area contributed by atoms with Gasteiger partial charge in [-0.3, -0.25) is 9.59 Å². The number of ether oxygens (including phenoxy) is 1. The molecule has 192 valence electrons. The second-order valence-electron chi connectivity index (χ2n) is 8.93. The van der Waals surface area contributed by atoms with Gasteiger partial charge >= 0.3 is 0 Å². The van der Waals surface area contributed by atoms with Crippen LogP contribution in [0.2, 0.25) is 0 Å². The number of benzene rings is 3. The topological polar surface area (TPSA) is 83.0 Å². The van der Waals surface area contributed by atoms with Gasteiger partial charge in [0.1, 0.15) is 5.75 Å². The molecule has 2 aliphatic heterocycles. The van der Waals surface area contributed by atoms with Gasteiger partial charge in [-0.2, -0.15) is 0 Å². The van der Waals surface area contributed by atoms with Crippen LogP contribution in [0.4, 0.5) is 5.69 Å². The van der Waals surface area contributed by atoms with Gasteiger partial charge < -0.3 is 20.3 Å². The zero-order valence-electron chi connectivity index (χ0n) is 21.2. The molecule has 2 aliphatic rings. The largest absolute Gasteiger partial charge is 0.497 e. The summed E-state index contributed by atoms with van der Waals surface area (Å²) < 4.78 is 5.49. The first-order valence-corrected chi connectivity index (χ1v) is 13.2. The van der Waals surface area contributed by atoms with Crippen molar-refractivity contribution in [2.24, 2.45) is 4.99 Å². The van der Waals surface area contributed by atoms with Gasteiger partial charge in [0.2, 0.25) is 5.91 Å². The summed E-state index contributed by atoms with van der Waals surface area (Å²) in [6.07, 6.45) is 0.159. The van der Waals surface area contributed by atoms with E-state index in [1.807, 2.05) is 102 Å². The van der Waals surface area contributed by atoms with Crippen LogP contribution >= 0.6 is 11.8 Å². The fourth-order valence-electron chi connectivity index (χ4n) is 4.53. The van der Waals surface area contributed by atoms with Crippen molar-refractivity contribution < 1.29 is 14.3 Å². The summed E-state index contributed by atoms with van der Waals surface area (Å²) in [6.45, 7) is 2.30. The van der Waals surface area contributed by atoms with Gasteiger partial charge in [0.15, 0.2) is 5.17 Å². The SMILES string of the molecule is COc1cccc(C2C(C(=O)Nc3ccccc3)=C(C)N=C3SC=C(CC(=O)NCc4ccccc4)N32)c1. The number of hydrogen-bond acceptors (Lipinski definition) is 6. The first-order valence-electron chi connectivity index (χ1n) is 12.3. The molecule has 3 aromatic rings. The number of methoxy groups -OCH3 is 1. The molecule has 0 saturated heterocycles. The first-order chi connectivity index (χ1) is 18.5. The summed E-state index contributed by atoms with van der Waals surface area (Å²) in [4.78, 5) is 33.4. The lowest BCUT2D eigenvalue weighted by Crippen LogP contribution is -2.38. The number of thioether (sulfide) groups is 1. The Kier molecular flexibility index (Phi) is 7.60. The molecular formula is C30H28N4O3S. The van der Waals surface area contributed by atoms with E-state index in [0.29, 0.717) is 29.3 Å². The number of nitrogens with one attached hydrogen (secondary N) is 2. The van der Waals surface area contributed by atoms with Crippen LogP contribution < -0.4 is 15.4 Å². The second-order valence-corrected chi connectivity index (χ2v) is 9.77. The number of carbonyl (C=O) groups is 2. The molecule has 0 bridgehead atoms. The monoisotopic (exact) mass is 524 g/mol. The van der Waals surface area contributed by atoms with Gasteiger partial charge in [0, 0.05) is 17.9 Å². The summed E-state index contributed by atoms with van der Waals surface area (Å²) >= 11 is 1.46. The van der Waals surface area contributed by atoms with Crippen molar-refractivity contribution in [3.05, 3.63) is 118 Å². The van der Waals surface area contributed by atoms with E-state index in [9.17, 15) is 9.59 Å². The van der Waals surface area contributed by atoms with Gasteiger partial charge in [-0.05, 0) is 47.7 Å². The number of amides is 2. The highest BCUT2D eigenvalue weighted by Crippen LogP contribution is 2.45. The second kappa shape index (κ2) is 11.4. The van der Waals surface area contributed by atoms with Gasteiger partial charge in [-0.15, -0.1) is 0 Å². The van der Waals surface area contributed by atoms with Crippen molar-refractivity contribution in [2.75, 3.05) is 12.4 Å². The van der Waals surface area contributed by atoms with E-state index in [-0.39, 0.29) is 18.2 Å². The fourth-order valence-corrected chi connectivity index (χ4v) is 5.49. The van der Waals surface area contributed by atoms with Crippen LogP contribution in [0.3, 0.4) is 0 Å². The molecule has 0 radical (unpaired) electrons. The number of nitrogens with zero attached hydrogens (tertiary/aromatic N) is 2. The zero-order valence-corrected chi connectivity index (χ0v) is 22.0. The lowest BCUT2D eigenvalue weighted by molar-refractivity contribution is -0.120. The summed E-state index contributed by atoms with van der Waals surface area (Å²) in [5, 5.41) is 8.70. The number of para-hydroxylation sites is 1. The molecule has 2 heterocycles. The van der Waals surface area contributed by atoms with Crippen molar-refractivity contribution in [1.82, 2.24) is 10.2 Å². The van der Waals surface area contributed by atoms with E-state index in [2.05, 4.69) is 10.6 Å². The lowest BCUT2D eigenvalue weighted by atomic mass is 9.93. The Morgan fingerprint density at radius 2 is 1.74 bits per heavy atom. The van der Waals surface area contributed by atoms with E-state index in [1.165, 1.54) is 11.8 Å². The minimum atomic E-state index is -0.482. The van der Waals surface area contributed by atoms with Crippen molar-refractivity contribution in [2.45, 2.75) is 25.9 Å². The molecule has 1 atom stereocenters. The van der Waals surface area contributed by atoms with Gasteiger partial charge in [-0.25, -0.2) is 4.99 Å². The smallest absolute Gasteiger partial charge is 0.255 e. The highest BCUT2D eigenvalue weighted by Gasteiger charge is 2.40. The molecule has 5 rings (SSSR count). The Morgan fingerprint density at radius 3 is 2.47 bits per heavy atom. The molecule has 38 heavy (non-hydrogen) atoms. The third-order valence-corrected chi connectivity index (χ3v) is 7.25. The quantitative estimate of drug-likeness (QED) is 0.400. The van der Waals surface area contributed by atoms with Crippen molar-refractivity contribution in [3.63, 3.8) is 0 Å². The van der Waals surface area contributed by atoms with E-state index < -0.39 is 6.04 Å². The molecule has 0 spiro atoms. The minimum Gasteiger partial charge on any atom is -0.497 e. The lowest BCUT2D eigenvalue weighted by Gasteiger charge is -2.36. The molecule has 7 nitrogen and oxygen atoms in total. The standard InChI is InChI=1S/C30H28N4O3S/c1-20-27(29(36)33-23-13-7-4-8-14-23)28(22-12-9-15-25(16-22)37-2)34-24(19-38-30(34)32-20)17-26(35)31-18-21-10-5-3-6-11-21/h3-16,19,28H,17-18H2,1-2H3,(H,31,35)(H,33,36). The van der Waals surface area contributed by atoms with Crippen LogP contribution in [-0.2, 0) is 16.1 Å². The molecule has 3 aromatic carbocycles. The van der Waals surface area contributed by atoms with E-state index in [4.69, 9.17) is 9.73 Å². The highest BCUT2D eigenvalue weighted by molar-refractivity contribution is 8.16. The molecular weight excluding hydrogens is 496 g/mol. The van der Waals surface area contributed by atoms with E-state index in [0.717, 1.165) is 22.0 Å². The number of carbonyl (C=O) groups excluding carboxylic acids is 2. The number of amidine groups is 1. The van der Waals surface area contributed by atoms with Crippen LogP contribution in [0.1, 0.15) is 30.5 Å². The Bertz CT molecular complexity index is 1430. The third kappa shape index (κ3) is 5.50. The average Bonchev–Trinajstić information content (AvgIpc) is 3.33. The summed E-state index contributed by atoms with van der Waals surface area (Å²) in [5.41, 5.74) is 4.53. The maximum absolute atomic E-state index is 13.7. The normalized spacial score (nSPS) is 16.4. The highest BCUT2D eigenvalue weighted by atomic mass is 32.2. The van der Waals surface area contributed by atoms with Gasteiger partial charge in [0.05, 0.1) is 30.8 Å². The number of rotatable bonds is 8. The van der Waals surface area contributed by atoms with Gasteiger partial charge in [-0.1, -0.05) is 72.4 Å². The van der Waals surface area contributed by atoms with Crippen LogP contribution in [0.5, 0.6) is 5.75 Å². The summed E-state index contributed by atoms with van der Waals surface area (Å²) in [5.74, 6) is 0.340. The summed E-state index contributed by atoms with van der Waals surface area (Å²) in [7, 11) is 1.62. The number of aliphatic imine (C=N–C) groups is 1. The molecule has 0 saturated carbocycles. The number of allylic oxidation sites excluding steroid dienone is 1. The fraction of sp³-hybridized carbons (Fsp3) is 0.167. The maximum Gasteiger partial charge on any atom is 0.255 e. The zero-order chi connectivity index (χ0) is 26.5. The van der Waals surface area contributed by atoms with Crippen LogP contribution in [0, 0.1) is 0 Å². The summed E-state index contributed by atoms with van der Waals surface area (Å²) in [6, 6.07) is 26.3. The Labute approximate surface area is 226 Å². The predicted molar refractivity (Wildman–Crippen MR) is 151 cm³/mol. The first kappa shape index (κ1) is 25.4. The van der Waals surface area contributed by atoms with E-state index >= 15 is 0 Å². The minimum absolute atomic E-state index is 0.104. The number of hydrogen-bond donors (Lipinski definition) is 2. The van der Waals surface area contributed by atoms with Gasteiger partial charge in [0.25, 0.3) is 5.91 Å². The average molecular weight is 525 g/mol. The molecule has 1 unspecified atom stereocenters. The predicted octanol–water partition coefficient (Wildman–Crippen LogP) is 5.62. The van der Waals surface area contributed by atoms with Crippen molar-refractivity contribution in [1.29, 1.82) is 0 Å². The van der Waals surface area contributed by atoms with Crippen LogP contribution in [0.15, 0.2) is 112 Å². The number of fused-ring (bicyclic) bond motifs is 1. The maximum atomic E-state index is 13.7. The molecule has 0 fully saturated rings. The van der Waals surface area contributed by atoms with Crippen LogP contribution in [0.25, 0.3) is 0 Å². The molecule has 8 heteroatoms. The third-order valence-electron chi connectivity index (χ3n) is 6.36.